The molecule has 3 aromatic rings. The smallest absolute Gasteiger partial charge is 0.123 e. The zero-order valence-corrected chi connectivity index (χ0v) is 13.5. The first-order chi connectivity index (χ1) is 10.8. The molecule has 0 N–H and O–H groups in total. The third-order valence-corrected chi connectivity index (χ3v) is 5.06. The largest absolute Gasteiger partial charge is 0.249 e. The van der Waals surface area contributed by atoms with E-state index in [4.69, 9.17) is 16.6 Å². The average Bonchev–Trinajstić information content (AvgIpc) is 3.09. The van der Waals surface area contributed by atoms with Gasteiger partial charge in [0.1, 0.15) is 5.01 Å². The summed E-state index contributed by atoms with van der Waals surface area (Å²) in [6, 6.07) is 7.81. The fourth-order valence-electron chi connectivity index (χ4n) is 2.50. The van der Waals surface area contributed by atoms with Gasteiger partial charge in [0.15, 0.2) is 0 Å². The van der Waals surface area contributed by atoms with Gasteiger partial charge in [-0.25, -0.2) is 9.67 Å². The first kappa shape index (κ1) is 13.9. The summed E-state index contributed by atoms with van der Waals surface area (Å²) in [7, 11) is 0. The van der Waals surface area contributed by atoms with Crippen LogP contribution in [0.15, 0.2) is 35.8 Å². The molecule has 0 amide bonds. The summed E-state index contributed by atoms with van der Waals surface area (Å²) in [4.78, 5) is 4.71. The molecule has 1 aromatic carbocycles. The van der Waals surface area contributed by atoms with Gasteiger partial charge in [-0.2, -0.15) is 0 Å². The first-order valence-corrected chi connectivity index (χ1v) is 8.64. The van der Waals surface area contributed by atoms with Crippen LogP contribution in [-0.2, 0) is 13.0 Å². The Labute approximate surface area is 137 Å². The molecular formula is C16H15ClN4S. The van der Waals surface area contributed by atoms with Crippen molar-refractivity contribution < 1.29 is 0 Å². The Kier molecular flexibility index (Phi) is 3.68. The lowest BCUT2D eigenvalue weighted by Gasteiger charge is -2.03. The fraction of sp³-hybridized carbons (Fsp3) is 0.312. The quantitative estimate of drug-likeness (QED) is 0.705. The van der Waals surface area contributed by atoms with Crippen LogP contribution in [-0.4, -0.2) is 20.0 Å². The van der Waals surface area contributed by atoms with E-state index in [-0.39, 0.29) is 0 Å². The monoisotopic (exact) mass is 330 g/mol. The van der Waals surface area contributed by atoms with Gasteiger partial charge in [0.2, 0.25) is 0 Å². The molecule has 0 atom stereocenters. The van der Waals surface area contributed by atoms with E-state index >= 15 is 0 Å². The third-order valence-electron chi connectivity index (χ3n) is 3.87. The fourth-order valence-corrected chi connectivity index (χ4v) is 3.49. The van der Waals surface area contributed by atoms with Gasteiger partial charge in [-0.1, -0.05) is 28.9 Å². The molecule has 0 unspecified atom stereocenters. The minimum atomic E-state index is 0.676. The number of thiazole rings is 1. The van der Waals surface area contributed by atoms with Crippen LogP contribution in [0, 0.1) is 0 Å². The molecule has 0 aliphatic heterocycles. The zero-order chi connectivity index (χ0) is 14.9. The van der Waals surface area contributed by atoms with Crippen molar-refractivity contribution in [1.82, 2.24) is 20.0 Å². The lowest BCUT2D eigenvalue weighted by Crippen LogP contribution is -2.07. The first-order valence-electron chi connectivity index (χ1n) is 7.38. The topological polar surface area (TPSA) is 43.6 Å². The van der Waals surface area contributed by atoms with Gasteiger partial charge < -0.3 is 0 Å². The summed E-state index contributed by atoms with van der Waals surface area (Å²) < 4.78 is 2.03. The van der Waals surface area contributed by atoms with Crippen LogP contribution in [0.4, 0.5) is 0 Å². The number of halogens is 1. The normalized spacial score (nSPS) is 14.4. The van der Waals surface area contributed by atoms with Crippen molar-refractivity contribution in [1.29, 1.82) is 0 Å². The molecular weight excluding hydrogens is 316 g/mol. The van der Waals surface area contributed by atoms with E-state index < -0.39 is 0 Å². The van der Waals surface area contributed by atoms with Crippen molar-refractivity contribution >= 4 is 22.9 Å². The number of rotatable bonds is 5. The summed E-state index contributed by atoms with van der Waals surface area (Å²) in [5.74, 6) is 0.676. The summed E-state index contributed by atoms with van der Waals surface area (Å²) in [6.07, 6.45) is 5.32. The standard InChI is InChI=1S/C16H15ClN4S/c17-13-5-3-12(4-6-13)16-19-14(10-22-16)7-8-21-15(9-18-20-21)11-1-2-11/h3-6,9-11H,1-2,7-8H2. The molecule has 1 saturated carbocycles. The van der Waals surface area contributed by atoms with E-state index in [1.54, 1.807) is 11.3 Å². The minimum Gasteiger partial charge on any atom is -0.249 e. The van der Waals surface area contributed by atoms with Crippen LogP contribution in [0.5, 0.6) is 0 Å². The average molecular weight is 331 g/mol. The predicted octanol–water partition coefficient (Wildman–Crippen LogP) is 4.18. The number of hydrogen-bond donors (Lipinski definition) is 0. The summed E-state index contributed by atoms with van der Waals surface area (Å²) in [5.41, 5.74) is 3.49. The van der Waals surface area contributed by atoms with Gasteiger partial charge >= 0.3 is 0 Å². The van der Waals surface area contributed by atoms with Gasteiger partial charge in [0, 0.05) is 34.8 Å². The molecule has 22 heavy (non-hydrogen) atoms. The highest BCUT2D eigenvalue weighted by molar-refractivity contribution is 7.13. The maximum Gasteiger partial charge on any atom is 0.123 e. The van der Waals surface area contributed by atoms with E-state index in [1.807, 2.05) is 35.1 Å². The molecule has 1 fully saturated rings. The second kappa shape index (κ2) is 5.82. The maximum absolute atomic E-state index is 5.92. The molecule has 2 heterocycles. The number of aromatic nitrogens is 4. The molecule has 0 saturated heterocycles. The van der Waals surface area contributed by atoms with E-state index in [2.05, 4.69) is 15.7 Å². The Morgan fingerprint density at radius 2 is 2.05 bits per heavy atom. The SMILES string of the molecule is Clc1ccc(-c2nc(CCn3nncc3C3CC3)cs2)cc1. The van der Waals surface area contributed by atoms with Crippen LogP contribution in [0.2, 0.25) is 5.02 Å². The molecule has 0 spiro atoms. The van der Waals surface area contributed by atoms with E-state index in [9.17, 15) is 0 Å². The van der Waals surface area contributed by atoms with E-state index in [0.717, 1.165) is 34.3 Å². The van der Waals surface area contributed by atoms with Crippen molar-refractivity contribution in [2.75, 3.05) is 0 Å². The predicted molar refractivity (Wildman–Crippen MR) is 88.3 cm³/mol. The molecule has 4 rings (SSSR count). The summed E-state index contributed by atoms with van der Waals surface area (Å²) in [6.45, 7) is 0.843. The number of nitrogens with zero attached hydrogens (tertiary/aromatic N) is 4. The third kappa shape index (κ3) is 2.91. The second-order valence-electron chi connectivity index (χ2n) is 5.56. The summed E-state index contributed by atoms with van der Waals surface area (Å²) in [5, 5.41) is 12.1. The molecule has 0 radical (unpaired) electrons. The summed E-state index contributed by atoms with van der Waals surface area (Å²) >= 11 is 7.59. The van der Waals surface area contributed by atoms with E-state index in [1.165, 1.54) is 18.5 Å². The minimum absolute atomic E-state index is 0.676. The van der Waals surface area contributed by atoms with Gasteiger partial charge in [0.05, 0.1) is 17.6 Å². The van der Waals surface area contributed by atoms with Crippen molar-refractivity contribution in [3.63, 3.8) is 0 Å². The van der Waals surface area contributed by atoms with Gasteiger partial charge in [-0.15, -0.1) is 16.4 Å². The van der Waals surface area contributed by atoms with Crippen LogP contribution in [0.1, 0.15) is 30.1 Å². The Morgan fingerprint density at radius 3 is 2.82 bits per heavy atom. The molecule has 1 aliphatic rings. The van der Waals surface area contributed by atoms with Crippen molar-refractivity contribution in [2.24, 2.45) is 0 Å². The second-order valence-corrected chi connectivity index (χ2v) is 6.85. The Bertz CT molecular complexity index is 774. The Hall–Kier alpha value is -1.72. The maximum atomic E-state index is 5.92. The van der Waals surface area contributed by atoms with E-state index in [0.29, 0.717) is 5.92 Å². The van der Waals surface area contributed by atoms with Crippen LogP contribution >= 0.6 is 22.9 Å². The Balaban J connectivity index is 1.45. The highest BCUT2D eigenvalue weighted by Gasteiger charge is 2.27. The molecule has 4 nitrogen and oxygen atoms in total. The highest BCUT2D eigenvalue weighted by Crippen LogP contribution is 2.39. The van der Waals surface area contributed by atoms with Crippen molar-refractivity contribution in [3.8, 4) is 10.6 Å². The molecule has 112 valence electrons. The van der Waals surface area contributed by atoms with Crippen LogP contribution < -0.4 is 0 Å². The molecule has 0 bridgehead atoms. The zero-order valence-electron chi connectivity index (χ0n) is 11.9. The van der Waals surface area contributed by atoms with Crippen molar-refractivity contribution in [2.45, 2.75) is 31.7 Å². The van der Waals surface area contributed by atoms with Crippen LogP contribution in [0.25, 0.3) is 10.6 Å². The van der Waals surface area contributed by atoms with Gasteiger partial charge in [-0.05, 0) is 25.0 Å². The van der Waals surface area contributed by atoms with Crippen LogP contribution in [0.3, 0.4) is 0 Å². The van der Waals surface area contributed by atoms with Gasteiger partial charge in [-0.3, -0.25) is 0 Å². The number of benzene rings is 1. The van der Waals surface area contributed by atoms with Crippen molar-refractivity contribution in [3.05, 3.63) is 52.3 Å². The molecule has 6 heteroatoms. The molecule has 2 aromatic heterocycles. The van der Waals surface area contributed by atoms with Gasteiger partial charge in [0.25, 0.3) is 0 Å². The number of aryl methyl sites for hydroxylation is 2. The lowest BCUT2D eigenvalue weighted by atomic mass is 10.2. The molecule has 1 aliphatic carbocycles. The Morgan fingerprint density at radius 1 is 1.23 bits per heavy atom. The highest BCUT2D eigenvalue weighted by atomic mass is 35.5. The lowest BCUT2D eigenvalue weighted by molar-refractivity contribution is 0.562. The number of hydrogen-bond acceptors (Lipinski definition) is 4.